The zero-order valence-electron chi connectivity index (χ0n) is 15.5. The molecular weight excluding hydrogens is 338 g/mol. The molecule has 2 aromatic carbocycles. The number of rotatable bonds is 5. The highest BCUT2D eigenvalue weighted by molar-refractivity contribution is 5.94. The first-order chi connectivity index (χ1) is 13.2. The maximum atomic E-state index is 12.8. The molecule has 5 heteroatoms. The van der Waals surface area contributed by atoms with Crippen LogP contribution in [0.15, 0.2) is 60.7 Å². The Kier molecular flexibility index (Phi) is 4.92. The fraction of sp³-hybridized carbons (Fsp3) is 0.273. The van der Waals surface area contributed by atoms with Crippen LogP contribution in [-0.4, -0.2) is 33.7 Å². The summed E-state index contributed by atoms with van der Waals surface area (Å²) in [5.41, 5.74) is 4.07. The first-order valence-electron chi connectivity index (χ1n) is 9.34. The van der Waals surface area contributed by atoms with Crippen molar-refractivity contribution in [2.75, 3.05) is 13.2 Å². The largest absolute Gasteiger partial charge is 0.494 e. The summed E-state index contributed by atoms with van der Waals surface area (Å²) in [6.45, 7) is 4.56. The molecule has 2 heterocycles. The van der Waals surface area contributed by atoms with E-state index in [0.717, 1.165) is 30.1 Å². The summed E-state index contributed by atoms with van der Waals surface area (Å²) in [4.78, 5) is 14.7. The maximum absolute atomic E-state index is 12.8. The Morgan fingerprint density at radius 2 is 1.85 bits per heavy atom. The van der Waals surface area contributed by atoms with Crippen LogP contribution in [0.4, 0.5) is 0 Å². The SMILES string of the molecule is CCOc1ccc(C(=O)N2CCn3nc(Cc4ccccc4)cc3C2)cc1. The summed E-state index contributed by atoms with van der Waals surface area (Å²) < 4.78 is 7.48. The molecule has 27 heavy (non-hydrogen) atoms. The Morgan fingerprint density at radius 1 is 1.07 bits per heavy atom. The molecule has 0 aliphatic carbocycles. The van der Waals surface area contributed by atoms with Crippen molar-refractivity contribution in [3.8, 4) is 5.75 Å². The summed E-state index contributed by atoms with van der Waals surface area (Å²) >= 11 is 0. The van der Waals surface area contributed by atoms with Crippen LogP contribution in [0.2, 0.25) is 0 Å². The van der Waals surface area contributed by atoms with Crippen molar-refractivity contribution in [3.63, 3.8) is 0 Å². The van der Waals surface area contributed by atoms with Gasteiger partial charge in [0.2, 0.25) is 0 Å². The normalized spacial score (nSPS) is 13.3. The Balaban J connectivity index is 1.45. The van der Waals surface area contributed by atoms with Crippen molar-refractivity contribution in [1.82, 2.24) is 14.7 Å². The topological polar surface area (TPSA) is 47.4 Å². The Labute approximate surface area is 159 Å². The van der Waals surface area contributed by atoms with E-state index < -0.39 is 0 Å². The summed E-state index contributed by atoms with van der Waals surface area (Å²) in [5.74, 6) is 0.839. The number of fused-ring (bicyclic) bond motifs is 1. The van der Waals surface area contributed by atoms with Crippen LogP contribution in [0, 0.1) is 0 Å². The van der Waals surface area contributed by atoms with E-state index in [1.54, 1.807) is 0 Å². The smallest absolute Gasteiger partial charge is 0.254 e. The molecule has 1 amide bonds. The van der Waals surface area contributed by atoms with Gasteiger partial charge in [0.25, 0.3) is 5.91 Å². The first kappa shape index (κ1) is 17.3. The first-order valence-corrected chi connectivity index (χ1v) is 9.34. The van der Waals surface area contributed by atoms with Crippen molar-refractivity contribution in [3.05, 3.63) is 83.2 Å². The molecule has 0 saturated heterocycles. The molecular formula is C22H23N3O2. The van der Waals surface area contributed by atoms with Crippen molar-refractivity contribution >= 4 is 5.91 Å². The number of ether oxygens (including phenoxy) is 1. The number of nitrogens with zero attached hydrogens (tertiary/aromatic N) is 3. The van der Waals surface area contributed by atoms with Crippen LogP contribution in [-0.2, 0) is 19.5 Å². The van der Waals surface area contributed by atoms with Crippen LogP contribution in [0.25, 0.3) is 0 Å². The third kappa shape index (κ3) is 3.87. The quantitative estimate of drug-likeness (QED) is 0.698. The van der Waals surface area contributed by atoms with Gasteiger partial charge in [0.05, 0.1) is 31.1 Å². The average Bonchev–Trinajstić information content (AvgIpc) is 3.10. The Morgan fingerprint density at radius 3 is 2.59 bits per heavy atom. The Hall–Kier alpha value is -3.08. The fourth-order valence-corrected chi connectivity index (χ4v) is 3.43. The minimum absolute atomic E-state index is 0.0510. The number of hydrogen-bond donors (Lipinski definition) is 0. The zero-order valence-corrected chi connectivity index (χ0v) is 15.5. The molecule has 0 bridgehead atoms. The lowest BCUT2D eigenvalue weighted by molar-refractivity contribution is 0.0706. The monoisotopic (exact) mass is 361 g/mol. The third-order valence-corrected chi connectivity index (χ3v) is 4.78. The summed E-state index contributed by atoms with van der Waals surface area (Å²) in [6, 6.07) is 19.8. The fourth-order valence-electron chi connectivity index (χ4n) is 3.43. The standard InChI is InChI=1S/C22H23N3O2/c1-2-27-21-10-8-18(9-11-21)22(26)24-12-13-25-20(16-24)15-19(23-25)14-17-6-4-3-5-7-17/h3-11,15H,2,12-14,16H2,1H3. The summed E-state index contributed by atoms with van der Waals surface area (Å²) in [5, 5.41) is 4.71. The van der Waals surface area contributed by atoms with Gasteiger partial charge in [-0.2, -0.15) is 5.10 Å². The molecule has 0 unspecified atom stereocenters. The van der Waals surface area contributed by atoms with Gasteiger partial charge in [-0.1, -0.05) is 30.3 Å². The van der Waals surface area contributed by atoms with Crippen LogP contribution in [0.1, 0.15) is 34.2 Å². The molecule has 0 N–H and O–H groups in total. The summed E-state index contributed by atoms with van der Waals surface area (Å²) in [6.07, 6.45) is 0.813. The molecule has 1 aromatic heterocycles. The maximum Gasteiger partial charge on any atom is 0.254 e. The van der Waals surface area contributed by atoms with E-state index in [-0.39, 0.29) is 5.91 Å². The highest BCUT2D eigenvalue weighted by atomic mass is 16.5. The average molecular weight is 361 g/mol. The van der Waals surface area contributed by atoms with Crippen molar-refractivity contribution in [2.45, 2.75) is 26.4 Å². The van der Waals surface area contributed by atoms with E-state index >= 15 is 0 Å². The molecule has 5 nitrogen and oxygen atoms in total. The second-order valence-corrected chi connectivity index (χ2v) is 6.70. The zero-order chi connectivity index (χ0) is 18.6. The second-order valence-electron chi connectivity index (χ2n) is 6.70. The number of carbonyl (C=O) groups excluding carboxylic acids is 1. The predicted octanol–water partition coefficient (Wildman–Crippen LogP) is 3.53. The van der Waals surface area contributed by atoms with Gasteiger partial charge in [-0.25, -0.2) is 0 Å². The van der Waals surface area contributed by atoms with E-state index in [1.165, 1.54) is 5.56 Å². The highest BCUT2D eigenvalue weighted by Gasteiger charge is 2.23. The third-order valence-electron chi connectivity index (χ3n) is 4.78. The van der Waals surface area contributed by atoms with E-state index in [2.05, 4.69) is 18.2 Å². The lowest BCUT2D eigenvalue weighted by atomic mass is 10.1. The van der Waals surface area contributed by atoms with Gasteiger partial charge in [-0.15, -0.1) is 0 Å². The predicted molar refractivity (Wildman–Crippen MR) is 104 cm³/mol. The minimum Gasteiger partial charge on any atom is -0.494 e. The molecule has 4 rings (SSSR count). The molecule has 0 radical (unpaired) electrons. The molecule has 0 spiro atoms. The molecule has 0 fully saturated rings. The van der Waals surface area contributed by atoms with Gasteiger partial charge in [0, 0.05) is 18.5 Å². The second kappa shape index (κ2) is 7.66. The van der Waals surface area contributed by atoms with Crippen molar-refractivity contribution < 1.29 is 9.53 Å². The van der Waals surface area contributed by atoms with Crippen molar-refractivity contribution in [2.24, 2.45) is 0 Å². The van der Waals surface area contributed by atoms with Crippen LogP contribution in [0.3, 0.4) is 0 Å². The molecule has 3 aromatic rings. The van der Waals surface area contributed by atoms with Crippen LogP contribution in [0.5, 0.6) is 5.75 Å². The number of benzene rings is 2. The molecule has 1 aliphatic heterocycles. The van der Waals surface area contributed by atoms with Gasteiger partial charge in [0.1, 0.15) is 5.75 Å². The summed E-state index contributed by atoms with van der Waals surface area (Å²) in [7, 11) is 0. The lowest BCUT2D eigenvalue weighted by Crippen LogP contribution is -2.38. The molecule has 0 atom stereocenters. The van der Waals surface area contributed by atoms with Gasteiger partial charge < -0.3 is 9.64 Å². The van der Waals surface area contributed by atoms with E-state index in [0.29, 0.717) is 25.3 Å². The van der Waals surface area contributed by atoms with E-state index in [4.69, 9.17) is 9.84 Å². The minimum atomic E-state index is 0.0510. The van der Waals surface area contributed by atoms with Gasteiger partial charge in [-0.3, -0.25) is 9.48 Å². The highest BCUT2D eigenvalue weighted by Crippen LogP contribution is 2.19. The number of aromatic nitrogens is 2. The lowest BCUT2D eigenvalue weighted by Gasteiger charge is -2.27. The number of carbonyl (C=O) groups is 1. The van der Waals surface area contributed by atoms with Crippen LogP contribution < -0.4 is 4.74 Å². The number of hydrogen-bond acceptors (Lipinski definition) is 3. The molecule has 1 aliphatic rings. The molecule has 138 valence electrons. The van der Waals surface area contributed by atoms with Gasteiger partial charge in [-0.05, 0) is 42.8 Å². The van der Waals surface area contributed by atoms with Gasteiger partial charge >= 0.3 is 0 Å². The Bertz CT molecular complexity index is 916. The number of amides is 1. The van der Waals surface area contributed by atoms with Crippen molar-refractivity contribution in [1.29, 1.82) is 0 Å². The molecule has 0 saturated carbocycles. The van der Waals surface area contributed by atoms with Gasteiger partial charge in [0.15, 0.2) is 0 Å². The van der Waals surface area contributed by atoms with Crippen LogP contribution >= 0.6 is 0 Å². The van der Waals surface area contributed by atoms with E-state index in [9.17, 15) is 4.79 Å². The van der Waals surface area contributed by atoms with E-state index in [1.807, 2.05) is 59.0 Å².